The van der Waals surface area contributed by atoms with Crippen LogP contribution in [0.15, 0.2) is 52.5 Å². The number of carbonyl (C=O) groups excluding carboxylic acids is 1. The highest BCUT2D eigenvalue weighted by Gasteiger charge is 2.14. The minimum atomic E-state index is -0.378. The molecule has 0 spiro atoms. The van der Waals surface area contributed by atoms with E-state index in [9.17, 15) is 9.18 Å². The number of rotatable bonds is 6. The fourth-order valence-corrected chi connectivity index (χ4v) is 2.97. The van der Waals surface area contributed by atoms with Crippen molar-refractivity contribution in [3.63, 3.8) is 0 Å². The number of nitrogens with one attached hydrogen (secondary N) is 2. The predicted molar refractivity (Wildman–Crippen MR) is 90.3 cm³/mol. The molecule has 24 heavy (non-hydrogen) atoms. The fourth-order valence-electron chi connectivity index (χ4n) is 2.32. The Morgan fingerprint density at radius 3 is 3.00 bits per heavy atom. The van der Waals surface area contributed by atoms with Gasteiger partial charge in [-0.25, -0.2) is 9.37 Å². The first-order chi connectivity index (χ1) is 11.6. The van der Waals surface area contributed by atoms with E-state index >= 15 is 0 Å². The largest absolute Gasteiger partial charge is 0.443 e. The average Bonchev–Trinajstić information content (AvgIpc) is 3.17. The summed E-state index contributed by atoms with van der Waals surface area (Å²) in [6.45, 7) is 0.809. The standard InChI is InChI=1S/C17H16FN3O2S/c1-21(10-16(22)19-13-5-2-4-12(18)8-13)9-14-11-23-17(20-14)15-6-3-7-24-15/h2-8,11H,9-10H2,1H3,(H,19,22)/p+1. The van der Waals surface area contributed by atoms with Crippen LogP contribution in [0.2, 0.25) is 0 Å². The number of carbonyl (C=O) groups is 1. The molecule has 0 aliphatic rings. The van der Waals surface area contributed by atoms with Gasteiger partial charge in [-0.05, 0) is 29.6 Å². The number of anilines is 1. The van der Waals surface area contributed by atoms with Crippen molar-refractivity contribution in [2.45, 2.75) is 6.54 Å². The molecule has 0 radical (unpaired) electrons. The lowest BCUT2D eigenvalue weighted by Gasteiger charge is -2.12. The van der Waals surface area contributed by atoms with Gasteiger partial charge in [0.1, 0.15) is 24.3 Å². The highest BCUT2D eigenvalue weighted by molar-refractivity contribution is 7.13. The van der Waals surface area contributed by atoms with Gasteiger partial charge in [-0.2, -0.15) is 0 Å². The second kappa shape index (κ2) is 7.37. The van der Waals surface area contributed by atoms with E-state index in [1.54, 1.807) is 29.7 Å². The van der Waals surface area contributed by atoms with Gasteiger partial charge in [0, 0.05) is 5.69 Å². The minimum Gasteiger partial charge on any atom is -0.443 e. The molecule has 1 amide bonds. The summed E-state index contributed by atoms with van der Waals surface area (Å²) in [7, 11) is 1.89. The van der Waals surface area contributed by atoms with Crippen molar-refractivity contribution in [1.29, 1.82) is 0 Å². The zero-order chi connectivity index (χ0) is 16.9. The van der Waals surface area contributed by atoms with Gasteiger partial charge in [-0.15, -0.1) is 11.3 Å². The van der Waals surface area contributed by atoms with Crippen LogP contribution in [0.3, 0.4) is 0 Å². The van der Waals surface area contributed by atoms with Crippen LogP contribution in [0.1, 0.15) is 5.69 Å². The third-order valence-electron chi connectivity index (χ3n) is 3.34. The van der Waals surface area contributed by atoms with Crippen molar-refractivity contribution in [3.05, 3.63) is 59.6 Å². The Morgan fingerprint density at radius 1 is 1.38 bits per heavy atom. The Labute approximate surface area is 142 Å². The Morgan fingerprint density at radius 2 is 2.25 bits per heavy atom. The normalized spacial score (nSPS) is 12.1. The van der Waals surface area contributed by atoms with Crippen LogP contribution in [0, 0.1) is 5.82 Å². The Balaban J connectivity index is 1.53. The number of thiophene rings is 1. The van der Waals surface area contributed by atoms with Crippen molar-refractivity contribution in [2.24, 2.45) is 0 Å². The van der Waals surface area contributed by atoms with Crippen LogP contribution in [0.5, 0.6) is 0 Å². The molecule has 7 heteroatoms. The zero-order valence-electron chi connectivity index (χ0n) is 13.1. The minimum absolute atomic E-state index is 0.180. The Kier molecular flexibility index (Phi) is 5.02. The van der Waals surface area contributed by atoms with Crippen molar-refractivity contribution in [1.82, 2.24) is 4.98 Å². The molecule has 0 saturated carbocycles. The smallest absolute Gasteiger partial charge is 0.279 e. The average molecular weight is 346 g/mol. The molecule has 0 saturated heterocycles. The van der Waals surface area contributed by atoms with Crippen molar-refractivity contribution < 1.29 is 18.5 Å². The molecule has 2 heterocycles. The van der Waals surface area contributed by atoms with Crippen LogP contribution in [0.4, 0.5) is 10.1 Å². The molecule has 3 aromatic rings. The van der Waals surface area contributed by atoms with Gasteiger partial charge in [0.05, 0.1) is 11.9 Å². The molecule has 3 rings (SSSR count). The van der Waals surface area contributed by atoms with E-state index in [1.807, 2.05) is 24.6 Å². The van der Waals surface area contributed by atoms with Crippen molar-refractivity contribution in [2.75, 3.05) is 18.9 Å². The van der Waals surface area contributed by atoms with E-state index in [0.717, 1.165) is 15.5 Å². The maximum atomic E-state index is 13.1. The molecule has 0 fully saturated rings. The van der Waals surface area contributed by atoms with E-state index in [2.05, 4.69) is 10.3 Å². The maximum Gasteiger partial charge on any atom is 0.279 e. The molecule has 0 aliphatic carbocycles. The van der Waals surface area contributed by atoms with E-state index in [0.29, 0.717) is 18.1 Å². The molecule has 1 unspecified atom stereocenters. The molecule has 5 nitrogen and oxygen atoms in total. The SMILES string of the molecule is C[NH+](CC(=O)Nc1cccc(F)c1)Cc1coc(-c2cccs2)n1. The number of oxazole rings is 1. The number of amides is 1. The number of nitrogens with zero attached hydrogens (tertiary/aromatic N) is 1. The van der Waals surface area contributed by atoms with Gasteiger partial charge in [0.15, 0.2) is 6.54 Å². The summed E-state index contributed by atoms with van der Waals surface area (Å²) in [5.74, 6) is 0.0364. The topological polar surface area (TPSA) is 59.6 Å². The molecule has 2 aromatic heterocycles. The molecule has 0 aliphatic heterocycles. The van der Waals surface area contributed by atoms with Crippen LogP contribution >= 0.6 is 11.3 Å². The quantitative estimate of drug-likeness (QED) is 0.719. The molecule has 0 bridgehead atoms. The van der Waals surface area contributed by atoms with Gasteiger partial charge in [0.25, 0.3) is 5.91 Å². The lowest BCUT2D eigenvalue weighted by Crippen LogP contribution is -3.08. The Hall–Kier alpha value is -2.51. The number of likely N-dealkylation sites (N-methyl/N-ethyl adjacent to an activating group) is 1. The third kappa shape index (κ3) is 4.27. The zero-order valence-corrected chi connectivity index (χ0v) is 13.9. The highest BCUT2D eigenvalue weighted by Crippen LogP contribution is 2.23. The summed E-state index contributed by atoms with van der Waals surface area (Å²) >= 11 is 1.56. The maximum absolute atomic E-state index is 13.1. The number of halogens is 1. The second-order valence-electron chi connectivity index (χ2n) is 5.49. The van der Waals surface area contributed by atoms with Gasteiger partial charge in [0.2, 0.25) is 5.89 Å². The summed E-state index contributed by atoms with van der Waals surface area (Å²) in [4.78, 5) is 18.4. The van der Waals surface area contributed by atoms with Crippen LogP contribution in [0.25, 0.3) is 10.8 Å². The summed E-state index contributed by atoms with van der Waals surface area (Å²) in [6.07, 6.45) is 1.61. The summed E-state index contributed by atoms with van der Waals surface area (Å²) in [6, 6.07) is 9.73. The highest BCUT2D eigenvalue weighted by atomic mass is 32.1. The van der Waals surface area contributed by atoms with E-state index in [1.165, 1.54) is 12.1 Å². The second-order valence-corrected chi connectivity index (χ2v) is 6.44. The fraction of sp³-hybridized carbons (Fsp3) is 0.176. The van der Waals surface area contributed by atoms with Crippen molar-refractivity contribution in [3.8, 4) is 10.8 Å². The van der Waals surface area contributed by atoms with Gasteiger partial charge in [-0.1, -0.05) is 12.1 Å². The lowest BCUT2D eigenvalue weighted by atomic mass is 10.3. The lowest BCUT2D eigenvalue weighted by molar-refractivity contribution is -0.885. The van der Waals surface area contributed by atoms with Crippen LogP contribution in [-0.2, 0) is 11.3 Å². The van der Waals surface area contributed by atoms with Crippen LogP contribution < -0.4 is 10.2 Å². The number of hydrogen-bond acceptors (Lipinski definition) is 4. The first-order valence-electron chi connectivity index (χ1n) is 7.45. The van der Waals surface area contributed by atoms with E-state index in [-0.39, 0.29) is 18.3 Å². The number of quaternary nitrogens is 1. The molecular weight excluding hydrogens is 329 g/mol. The first kappa shape index (κ1) is 16.4. The Bertz CT molecular complexity index is 817. The van der Waals surface area contributed by atoms with Gasteiger partial charge >= 0.3 is 0 Å². The molecule has 2 N–H and O–H groups in total. The number of hydrogen-bond donors (Lipinski definition) is 2. The van der Waals surface area contributed by atoms with E-state index in [4.69, 9.17) is 4.42 Å². The summed E-state index contributed by atoms with van der Waals surface area (Å²) < 4.78 is 18.6. The third-order valence-corrected chi connectivity index (χ3v) is 4.20. The summed E-state index contributed by atoms with van der Waals surface area (Å²) in [5, 5.41) is 4.65. The first-order valence-corrected chi connectivity index (χ1v) is 8.33. The van der Waals surface area contributed by atoms with Crippen LogP contribution in [-0.4, -0.2) is 24.5 Å². The summed E-state index contributed by atoms with van der Waals surface area (Å²) in [5.41, 5.74) is 1.24. The number of aromatic nitrogens is 1. The van der Waals surface area contributed by atoms with E-state index < -0.39 is 0 Å². The van der Waals surface area contributed by atoms with Gasteiger partial charge in [-0.3, -0.25) is 4.79 Å². The number of benzene rings is 1. The molecule has 1 aromatic carbocycles. The molecule has 124 valence electrons. The van der Waals surface area contributed by atoms with Crippen molar-refractivity contribution >= 4 is 22.9 Å². The predicted octanol–water partition coefficient (Wildman–Crippen LogP) is 2.20. The van der Waals surface area contributed by atoms with Gasteiger partial charge < -0.3 is 14.6 Å². The molecular formula is C17H17FN3O2S+. The molecule has 1 atom stereocenters. The monoisotopic (exact) mass is 346 g/mol.